The van der Waals surface area contributed by atoms with Crippen LogP contribution >= 0.6 is 0 Å². The first-order valence-electron chi connectivity index (χ1n) is 8.77. The predicted molar refractivity (Wildman–Crippen MR) is 93.2 cm³/mol. The van der Waals surface area contributed by atoms with Gasteiger partial charge in [0.05, 0.1) is 5.52 Å². The maximum absolute atomic E-state index is 12.6. The fourth-order valence-electron chi connectivity index (χ4n) is 3.62. The van der Waals surface area contributed by atoms with E-state index in [1.54, 1.807) is 6.07 Å². The molecule has 0 spiro atoms. The lowest BCUT2D eigenvalue weighted by Crippen LogP contribution is -2.46. The number of benzene rings is 1. The molecule has 1 atom stereocenters. The second-order valence-electron chi connectivity index (χ2n) is 6.58. The number of hydrogen-bond acceptors (Lipinski definition) is 4. The molecule has 1 N–H and O–H groups in total. The summed E-state index contributed by atoms with van der Waals surface area (Å²) < 4.78 is 5.36. The number of carbonyl (C=O) groups is 2. The molecule has 6 nitrogen and oxygen atoms in total. The van der Waals surface area contributed by atoms with E-state index in [-0.39, 0.29) is 17.9 Å². The molecule has 2 aliphatic rings. The quantitative estimate of drug-likeness (QED) is 0.925. The molecule has 2 aromatic rings. The van der Waals surface area contributed by atoms with Crippen molar-refractivity contribution in [3.8, 4) is 0 Å². The van der Waals surface area contributed by atoms with Crippen molar-refractivity contribution >= 4 is 22.7 Å². The molecular weight excluding hydrogens is 318 g/mol. The smallest absolute Gasteiger partial charge is 0.270 e. The monoisotopic (exact) mass is 339 g/mol. The van der Waals surface area contributed by atoms with Crippen molar-refractivity contribution in [2.75, 3.05) is 19.8 Å². The van der Waals surface area contributed by atoms with Gasteiger partial charge in [-0.2, -0.15) is 0 Å². The van der Waals surface area contributed by atoms with Gasteiger partial charge in [-0.15, -0.1) is 0 Å². The number of nitrogens with zero attached hydrogens (tertiary/aromatic N) is 2. The zero-order valence-electron chi connectivity index (χ0n) is 14.0. The summed E-state index contributed by atoms with van der Waals surface area (Å²) in [5.74, 6) is -0.279. The van der Waals surface area contributed by atoms with E-state index in [0.29, 0.717) is 31.9 Å². The average molecular weight is 339 g/mol. The molecule has 1 aromatic carbocycles. The predicted octanol–water partition coefficient (Wildman–Crippen LogP) is 1.74. The fraction of sp³-hybridized carbons (Fsp3) is 0.421. The van der Waals surface area contributed by atoms with Crippen molar-refractivity contribution in [1.29, 1.82) is 0 Å². The van der Waals surface area contributed by atoms with Crippen LogP contribution in [0.5, 0.6) is 0 Å². The first kappa shape index (κ1) is 16.0. The number of nitrogens with one attached hydrogen (secondary N) is 1. The highest BCUT2D eigenvalue weighted by Crippen LogP contribution is 2.21. The standard InChI is InChI=1S/C19H21N3O3/c23-18(16-6-5-13-3-1-2-4-15(13)20-16)21-17-7-10-22(19(17)24)14-8-11-25-12-9-14/h1-6,14,17H,7-12H2,(H,21,23). The number of fused-ring (bicyclic) bond motifs is 1. The molecule has 4 rings (SSSR count). The van der Waals surface area contributed by atoms with Crippen molar-refractivity contribution in [3.63, 3.8) is 0 Å². The van der Waals surface area contributed by atoms with Gasteiger partial charge in [0, 0.05) is 31.2 Å². The van der Waals surface area contributed by atoms with Crippen LogP contribution in [0.25, 0.3) is 10.9 Å². The van der Waals surface area contributed by atoms with Crippen LogP contribution in [-0.2, 0) is 9.53 Å². The highest BCUT2D eigenvalue weighted by Gasteiger charge is 2.37. The van der Waals surface area contributed by atoms with E-state index in [9.17, 15) is 9.59 Å². The van der Waals surface area contributed by atoms with Crippen LogP contribution in [0.15, 0.2) is 36.4 Å². The normalized spacial score (nSPS) is 21.7. The third kappa shape index (κ3) is 3.22. The molecular formula is C19H21N3O3. The van der Waals surface area contributed by atoms with Crippen LogP contribution in [0, 0.1) is 0 Å². The molecule has 2 aliphatic heterocycles. The Bertz CT molecular complexity index is 801. The number of ether oxygens (including phenoxy) is 1. The number of amides is 2. The van der Waals surface area contributed by atoms with Crippen molar-refractivity contribution in [3.05, 3.63) is 42.1 Å². The number of aromatic nitrogens is 1. The fourth-order valence-corrected chi connectivity index (χ4v) is 3.62. The van der Waals surface area contributed by atoms with Gasteiger partial charge in [-0.25, -0.2) is 4.98 Å². The molecule has 3 heterocycles. The van der Waals surface area contributed by atoms with Gasteiger partial charge in [0.2, 0.25) is 5.91 Å². The molecule has 0 saturated carbocycles. The Labute approximate surface area is 146 Å². The molecule has 1 unspecified atom stereocenters. The van der Waals surface area contributed by atoms with Gasteiger partial charge in [-0.1, -0.05) is 24.3 Å². The topological polar surface area (TPSA) is 71.5 Å². The number of carbonyl (C=O) groups excluding carboxylic acids is 2. The van der Waals surface area contributed by atoms with Crippen LogP contribution in [0.2, 0.25) is 0 Å². The molecule has 6 heteroatoms. The van der Waals surface area contributed by atoms with Gasteiger partial charge in [0.15, 0.2) is 0 Å². The highest BCUT2D eigenvalue weighted by molar-refractivity contribution is 5.98. The molecule has 1 aromatic heterocycles. The van der Waals surface area contributed by atoms with Gasteiger partial charge in [-0.3, -0.25) is 9.59 Å². The Balaban J connectivity index is 1.44. The molecule has 0 radical (unpaired) electrons. The second kappa shape index (κ2) is 6.80. The summed E-state index contributed by atoms with van der Waals surface area (Å²) in [5, 5.41) is 3.84. The van der Waals surface area contributed by atoms with Crippen LogP contribution in [0.3, 0.4) is 0 Å². The lowest BCUT2D eigenvalue weighted by molar-refractivity contribution is -0.132. The first-order valence-corrected chi connectivity index (χ1v) is 8.77. The third-order valence-electron chi connectivity index (χ3n) is 5.01. The van der Waals surface area contributed by atoms with Crippen molar-refractivity contribution in [2.45, 2.75) is 31.3 Å². The summed E-state index contributed by atoms with van der Waals surface area (Å²) >= 11 is 0. The Morgan fingerprint density at radius 2 is 1.92 bits per heavy atom. The summed E-state index contributed by atoms with van der Waals surface area (Å²) in [4.78, 5) is 31.4. The third-order valence-corrected chi connectivity index (χ3v) is 5.01. The van der Waals surface area contributed by atoms with E-state index >= 15 is 0 Å². The minimum absolute atomic E-state index is 0.0149. The van der Waals surface area contributed by atoms with Crippen LogP contribution in [0.4, 0.5) is 0 Å². The van der Waals surface area contributed by atoms with E-state index in [4.69, 9.17) is 4.74 Å². The van der Waals surface area contributed by atoms with Crippen molar-refractivity contribution in [2.24, 2.45) is 0 Å². The van der Waals surface area contributed by atoms with Crippen LogP contribution in [-0.4, -0.2) is 53.5 Å². The molecule has 0 bridgehead atoms. The van der Waals surface area contributed by atoms with Gasteiger partial charge >= 0.3 is 0 Å². The molecule has 0 aliphatic carbocycles. The molecule has 130 valence electrons. The summed E-state index contributed by atoms with van der Waals surface area (Å²) in [6.45, 7) is 2.10. The summed E-state index contributed by atoms with van der Waals surface area (Å²) in [7, 11) is 0. The van der Waals surface area contributed by atoms with Crippen molar-refractivity contribution < 1.29 is 14.3 Å². The lowest BCUT2D eigenvalue weighted by atomic mass is 10.1. The molecule has 2 fully saturated rings. The van der Waals surface area contributed by atoms with Gasteiger partial charge in [0.1, 0.15) is 11.7 Å². The highest BCUT2D eigenvalue weighted by atomic mass is 16.5. The first-order chi connectivity index (χ1) is 12.2. The lowest BCUT2D eigenvalue weighted by Gasteiger charge is -2.31. The van der Waals surface area contributed by atoms with Gasteiger partial charge in [-0.05, 0) is 31.4 Å². The second-order valence-corrected chi connectivity index (χ2v) is 6.58. The number of rotatable bonds is 3. The minimum atomic E-state index is -0.455. The molecule has 25 heavy (non-hydrogen) atoms. The van der Waals surface area contributed by atoms with E-state index in [2.05, 4.69) is 10.3 Å². The summed E-state index contributed by atoms with van der Waals surface area (Å²) in [6, 6.07) is 11.0. The Kier molecular flexibility index (Phi) is 4.36. The zero-order valence-corrected chi connectivity index (χ0v) is 14.0. The SMILES string of the molecule is O=C(NC1CCN(C2CCOCC2)C1=O)c1ccc2ccccc2n1. The van der Waals surface area contributed by atoms with Crippen LogP contribution < -0.4 is 5.32 Å². The van der Waals surface area contributed by atoms with E-state index in [0.717, 1.165) is 23.7 Å². The number of likely N-dealkylation sites (tertiary alicyclic amines) is 1. The maximum atomic E-state index is 12.6. The zero-order chi connectivity index (χ0) is 17.2. The number of para-hydroxylation sites is 1. The average Bonchev–Trinajstić information content (AvgIpc) is 3.02. The molecule has 2 saturated heterocycles. The van der Waals surface area contributed by atoms with Crippen molar-refractivity contribution in [1.82, 2.24) is 15.2 Å². The number of pyridine rings is 1. The largest absolute Gasteiger partial charge is 0.381 e. The maximum Gasteiger partial charge on any atom is 0.270 e. The Morgan fingerprint density at radius 1 is 1.12 bits per heavy atom. The van der Waals surface area contributed by atoms with E-state index in [1.165, 1.54) is 0 Å². The van der Waals surface area contributed by atoms with Gasteiger partial charge < -0.3 is 15.0 Å². The number of hydrogen-bond donors (Lipinski definition) is 1. The summed E-state index contributed by atoms with van der Waals surface area (Å²) in [5.41, 5.74) is 1.12. The van der Waals surface area contributed by atoms with Crippen LogP contribution in [0.1, 0.15) is 29.8 Å². The molecule has 2 amide bonds. The Morgan fingerprint density at radius 3 is 2.76 bits per heavy atom. The van der Waals surface area contributed by atoms with E-state index in [1.807, 2.05) is 35.2 Å². The Hall–Kier alpha value is -2.47. The summed E-state index contributed by atoms with van der Waals surface area (Å²) in [6.07, 6.45) is 2.40. The van der Waals surface area contributed by atoms with E-state index < -0.39 is 6.04 Å². The van der Waals surface area contributed by atoms with Gasteiger partial charge in [0.25, 0.3) is 5.91 Å². The minimum Gasteiger partial charge on any atom is -0.381 e.